The molecule has 0 aliphatic rings. The molecule has 0 aliphatic carbocycles. The summed E-state index contributed by atoms with van der Waals surface area (Å²) in [5.41, 5.74) is 7.78. The number of aliphatic hydroxyl groups excluding tert-OH is 1. The summed E-state index contributed by atoms with van der Waals surface area (Å²) in [5.74, 6) is -1.10. The predicted octanol–water partition coefficient (Wildman–Crippen LogP) is 3.34. The highest BCUT2D eigenvalue weighted by molar-refractivity contribution is 6.09. The van der Waals surface area contributed by atoms with Crippen molar-refractivity contribution in [3.05, 3.63) is 53.7 Å². The van der Waals surface area contributed by atoms with Crippen molar-refractivity contribution < 1.29 is 14.3 Å². The third-order valence-electron chi connectivity index (χ3n) is 3.81. The number of carbonyl (C=O) groups excluding carboxylic acids is 1. The van der Waals surface area contributed by atoms with Gasteiger partial charge in [0.1, 0.15) is 11.5 Å². The van der Waals surface area contributed by atoms with Crippen molar-refractivity contribution in [2.75, 3.05) is 11.9 Å². The maximum Gasteiger partial charge on any atom is 0.267 e. The molecule has 138 valence electrons. The summed E-state index contributed by atoms with van der Waals surface area (Å²) in [6.45, 7) is 5.82. The zero-order chi connectivity index (χ0) is 19.3. The lowest BCUT2D eigenvalue weighted by Gasteiger charge is -2.10. The van der Waals surface area contributed by atoms with Crippen LogP contribution < -0.4 is 11.1 Å². The standard InChI is InChI=1S/C17H17FN4O2.C2H6/c1-10-2-3-13(12(18)8-10)21-15-11-9-20-5-4-14(11)22(6-7-23)16(15)17(19)24;1-2/h2-5,8-9,21,23H,6-7H2,1H3,(H2,19,24);1-2H3. The molecule has 0 radical (unpaired) electrons. The van der Waals surface area contributed by atoms with Crippen LogP contribution in [0.25, 0.3) is 10.9 Å². The summed E-state index contributed by atoms with van der Waals surface area (Å²) in [7, 11) is 0. The number of nitrogens with zero attached hydrogens (tertiary/aromatic N) is 2. The fraction of sp³-hybridized carbons (Fsp3) is 0.263. The van der Waals surface area contributed by atoms with Crippen molar-refractivity contribution in [1.29, 1.82) is 0 Å². The number of pyridine rings is 1. The van der Waals surface area contributed by atoms with Crippen molar-refractivity contribution in [2.24, 2.45) is 5.73 Å². The minimum absolute atomic E-state index is 0.162. The SMILES string of the molecule is CC.Cc1ccc(Nc2c(C(N)=O)n(CCO)c3ccncc23)c(F)c1. The van der Waals surface area contributed by atoms with Gasteiger partial charge in [-0.15, -0.1) is 0 Å². The molecule has 0 bridgehead atoms. The van der Waals surface area contributed by atoms with Crippen LogP contribution in [0.2, 0.25) is 0 Å². The number of aromatic nitrogens is 2. The van der Waals surface area contributed by atoms with Crippen molar-refractivity contribution >= 4 is 28.2 Å². The third-order valence-corrected chi connectivity index (χ3v) is 3.81. The molecule has 0 fully saturated rings. The molecule has 0 spiro atoms. The van der Waals surface area contributed by atoms with Gasteiger partial charge in [0.15, 0.2) is 0 Å². The van der Waals surface area contributed by atoms with Crippen LogP contribution >= 0.6 is 0 Å². The van der Waals surface area contributed by atoms with E-state index in [1.807, 2.05) is 13.8 Å². The molecule has 0 unspecified atom stereocenters. The summed E-state index contributed by atoms with van der Waals surface area (Å²) in [6, 6.07) is 6.48. The molecule has 0 saturated heterocycles. The predicted molar refractivity (Wildman–Crippen MR) is 101 cm³/mol. The topological polar surface area (TPSA) is 93.2 Å². The zero-order valence-corrected chi connectivity index (χ0v) is 15.1. The van der Waals surface area contributed by atoms with E-state index in [0.29, 0.717) is 16.6 Å². The molecule has 3 aromatic rings. The van der Waals surface area contributed by atoms with Gasteiger partial charge in [-0.2, -0.15) is 0 Å². The van der Waals surface area contributed by atoms with Gasteiger partial charge >= 0.3 is 0 Å². The summed E-state index contributed by atoms with van der Waals surface area (Å²) in [5, 5.41) is 12.9. The molecule has 1 aromatic carbocycles. The summed E-state index contributed by atoms with van der Waals surface area (Å²) in [4.78, 5) is 16.0. The Morgan fingerprint density at radius 2 is 2.08 bits per heavy atom. The molecule has 3 rings (SSSR count). The van der Waals surface area contributed by atoms with Crippen LogP contribution in [-0.4, -0.2) is 27.2 Å². The van der Waals surface area contributed by atoms with Gasteiger partial charge in [0.25, 0.3) is 5.91 Å². The Morgan fingerprint density at radius 3 is 2.69 bits per heavy atom. The van der Waals surface area contributed by atoms with Crippen LogP contribution in [0.15, 0.2) is 36.7 Å². The number of primary amides is 1. The first-order valence-corrected chi connectivity index (χ1v) is 8.43. The van der Waals surface area contributed by atoms with Gasteiger partial charge < -0.3 is 20.7 Å². The van der Waals surface area contributed by atoms with Crippen LogP contribution in [0, 0.1) is 12.7 Å². The Kier molecular flexibility index (Phi) is 6.30. The highest BCUT2D eigenvalue weighted by atomic mass is 19.1. The first kappa shape index (κ1) is 19.4. The van der Waals surface area contributed by atoms with Crippen molar-refractivity contribution in [2.45, 2.75) is 27.3 Å². The van der Waals surface area contributed by atoms with Crippen molar-refractivity contribution in [3.8, 4) is 0 Å². The quantitative estimate of drug-likeness (QED) is 0.652. The number of amides is 1. The van der Waals surface area contributed by atoms with E-state index in [4.69, 9.17) is 5.73 Å². The van der Waals surface area contributed by atoms with Gasteiger partial charge in [-0.25, -0.2) is 4.39 Å². The Balaban J connectivity index is 0.00000117. The molecule has 6 nitrogen and oxygen atoms in total. The van der Waals surface area contributed by atoms with E-state index in [0.717, 1.165) is 5.56 Å². The maximum atomic E-state index is 14.2. The van der Waals surface area contributed by atoms with Crippen LogP contribution in [0.4, 0.5) is 15.8 Å². The van der Waals surface area contributed by atoms with Crippen LogP contribution in [0.3, 0.4) is 0 Å². The number of halogens is 1. The molecule has 0 atom stereocenters. The van der Waals surface area contributed by atoms with Crippen LogP contribution in [0.5, 0.6) is 0 Å². The fourth-order valence-corrected chi connectivity index (χ4v) is 2.77. The third kappa shape index (κ3) is 3.67. The second kappa shape index (κ2) is 8.44. The van der Waals surface area contributed by atoms with E-state index in [2.05, 4.69) is 10.3 Å². The molecule has 26 heavy (non-hydrogen) atoms. The number of hydrogen-bond donors (Lipinski definition) is 3. The van der Waals surface area contributed by atoms with Crippen LogP contribution in [-0.2, 0) is 6.54 Å². The lowest BCUT2D eigenvalue weighted by Crippen LogP contribution is -2.19. The van der Waals surface area contributed by atoms with E-state index in [-0.39, 0.29) is 24.5 Å². The Morgan fingerprint density at radius 1 is 1.35 bits per heavy atom. The van der Waals surface area contributed by atoms with Gasteiger partial charge in [0, 0.05) is 24.3 Å². The molecule has 2 heterocycles. The van der Waals surface area contributed by atoms with Gasteiger partial charge in [0.05, 0.1) is 23.5 Å². The number of aryl methyl sites for hydroxylation is 1. The number of aliphatic hydroxyl groups is 1. The average molecular weight is 358 g/mol. The van der Waals surface area contributed by atoms with Crippen molar-refractivity contribution in [3.63, 3.8) is 0 Å². The zero-order valence-electron chi connectivity index (χ0n) is 15.1. The van der Waals surface area contributed by atoms with Gasteiger partial charge in [-0.3, -0.25) is 9.78 Å². The largest absolute Gasteiger partial charge is 0.395 e. The first-order chi connectivity index (χ1) is 12.5. The number of anilines is 2. The molecular formula is C19H23FN4O2. The van der Waals surface area contributed by atoms with E-state index >= 15 is 0 Å². The van der Waals surface area contributed by atoms with Gasteiger partial charge in [-0.05, 0) is 30.7 Å². The lowest BCUT2D eigenvalue weighted by atomic mass is 10.2. The number of hydrogen-bond acceptors (Lipinski definition) is 4. The average Bonchev–Trinajstić information content (AvgIpc) is 2.93. The molecule has 0 saturated carbocycles. The molecule has 0 aliphatic heterocycles. The summed E-state index contributed by atoms with van der Waals surface area (Å²) in [6.07, 6.45) is 3.15. The van der Waals surface area contributed by atoms with Gasteiger partial charge in [-0.1, -0.05) is 19.9 Å². The normalized spacial score (nSPS) is 10.3. The minimum Gasteiger partial charge on any atom is -0.395 e. The first-order valence-electron chi connectivity index (χ1n) is 8.43. The summed E-state index contributed by atoms with van der Waals surface area (Å²) >= 11 is 0. The van der Waals surface area contributed by atoms with Crippen LogP contribution in [0.1, 0.15) is 29.9 Å². The smallest absolute Gasteiger partial charge is 0.267 e. The second-order valence-corrected chi connectivity index (χ2v) is 5.46. The van der Waals surface area contributed by atoms with E-state index < -0.39 is 11.7 Å². The maximum absolute atomic E-state index is 14.2. The molecule has 7 heteroatoms. The molecular weight excluding hydrogens is 335 g/mol. The molecule has 1 amide bonds. The highest BCUT2D eigenvalue weighted by Gasteiger charge is 2.22. The van der Waals surface area contributed by atoms with E-state index in [1.165, 1.54) is 6.07 Å². The van der Waals surface area contributed by atoms with Gasteiger partial charge in [0.2, 0.25) is 0 Å². The Labute approximate surface area is 151 Å². The van der Waals surface area contributed by atoms with E-state index in [9.17, 15) is 14.3 Å². The monoisotopic (exact) mass is 358 g/mol. The Hall–Kier alpha value is -2.93. The number of carbonyl (C=O) groups is 1. The number of benzene rings is 1. The second-order valence-electron chi connectivity index (χ2n) is 5.46. The lowest BCUT2D eigenvalue weighted by molar-refractivity contribution is 0.0991. The number of nitrogens with one attached hydrogen (secondary N) is 1. The number of nitrogens with two attached hydrogens (primary N) is 1. The van der Waals surface area contributed by atoms with E-state index in [1.54, 1.807) is 42.1 Å². The highest BCUT2D eigenvalue weighted by Crippen LogP contribution is 2.33. The number of rotatable bonds is 5. The molecule has 4 N–H and O–H groups in total. The minimum atomic E-state index is -0.672. The molecule has 2 aromatic heterocycles. The number of fused-ring (bicyclic) bond motifs is 1. The fourth-order valence-electron chi connectivity index (χ4n) is 2.77. The Bertz CT molecular complexity index is 921. The summed E-state index contributed by atoms with van der Waals surface area (Å²) < 4.78 is 15.8. The van der Waals surface area contributed by atoms with Crippen molar-refractivity contribution in [1.82, 2.24) is 9.55 Å².